The molecule has 0 N–H and O–H groups in total. The van der Waals surface area contributed by atoms with Crippen LogP contribution < -0.4 is 0 Å². The Balaban J connectivity index is 1.40. The molecule has 0 radical (unpaired) electrons. The van der Waals surface area contributed by atoms with E-state index in [2.05, 4.69) is 49.4 Å². The van der Waals surface area contributed by atoms with E-state index in [1.54, 1.807) is 0 Å². The van der Waals surface area contributed by atoms with E-state index < -0.39 is 0 Å². The van der Waals surface area contributed by atoms with Gasteiger partial charge in [0.1, 0.15) is 0 Å². The lowest BCUT2D eigenvalue weighted by Crippen LogP contribution is -2.34. The fourth-order valence-electron chi connectivity index (χ4n) is 4.06. The minimum absolute atomic E-state index is 0.222. The summed E-state index contributed by atoms with van der Waals surface area (Å²) < 4.78 is 1.98. The lowest BCUT2D eigenvalue weighted by molar-refractivity contribution is -0.130. The van der Waals surface area contributed by atoms with Crippen LogP contribution in [0.3, 0.4) is 0 Å². The van der Waals surface area contributed by atoms with Gasteiger partial charge in [0.2, 0.25) is 5.91 Å². The zero-order valence-corrected chi connectivity index (χ0v) is 17.1. The molecule has 1 aromatic heterocycles. The summed E-state index contributed by atoms with van der Waals surface area (Å²) in [4.78, 5) is 14.8. The second-order valence-electron chi connectivity index (χ2n) is 7.58. The van der Waals surface area contributed by atoms with Crippen LogP contribution in [0, 0.1) is 13.8 Å². The summed E-state index contributed by atoms with van der Waals surface area (Å²) >= 11 is 0. The lowest BCUT2D eigenvalue weighted by Gasteiger charge is -2.27. The highest BCUT2D eigenvalue weighted by atomic mass is 16.2. The van der Waals surface area contributed by atoms with Crippen molar-refractivity contribution >= 4 is 11.5 Å². The predicted molar refractivity (Wildman–Crippen MR) is 117 cm³/mol. The molecule has 3 aromatic rings. The molecule has 4 heteroatoms. The summed E-state index contributed by atoms with van der Waals surface area (Å²) in [6.45, 7) is 5.61. The van der Waals surface area contributed by atoms with Gasteiger partial charge in [-0.1, -0.05) is 54.6 Å². The van der Waals surface area contributed by atoms with Gasteiger partial charge < -0.3 is 4.90 Å². The molecular weight excluding hydrogens is 358 g/mol. The predicted octanol–water partition coefficient (Wildman–Crippen LogP) is 4.74. The Bertz CT molecular complexity index is 1020. The van der Waals surface area contributed by atoms with E-state index in [-0.39, 0.29) is 5.91 Å². The number of aromatic nitrogens is 2. The molecule has 1 amide bonds. The molecule has 0 fully saturated rings. The number of carbonyl (C=O) groups is 1. The number of hydrogen-bond donors (Lipinski definition) is 0. The number of rotatable bonds is 5. The highest BCUT2D eigenvalue weighted by Gasteiger charge is 2.19. The molecule has 148 valence electrons. The fraction of sp³-hybridized carbons (Fsp3) is 0.280. The molecule has 2 heterocycles. The van der Waals surface area contributed by atoms with Crippen molar-refractivity contribution in [1.29, 1.82) is 0 Å². The smallest absolute Gasteiger partial charge is 0.223 e. The van der Waals surface area contributed by atoms with Crippen LogP contribution in [0.1, 0.15) is 35.4 Å². The van der Waals surface area contributed by atoms with E-state index in [1.807, 2.05) is 40.8 Å². The molecule has 0 saturated carbocycles. The van der Waals surface area contributed by atoms with Gasteiger partial charge >= 0.3 is 0 Å². The third-order valence-electron chi connectivity index (χ3n) is 5.74. The number of hydrogen-bond acceptors (Lipinski definition) is 2. The first-order valence-corrected chi connectivity index (χ1v) is 10.3. The van der Waals surface area contributed by atoms with E-state index in [1.165, 1.54) is 16.7 Å². The van der Waals surface area contributed by atoms with Crippen LogP contribution in [0.15, 0.2) is 66.7 Å². The SMILES string of the molecule is Cc1nn(-c2ccccc2)c(C)c1CCC(=O)N1CC=C(c2ccccc2)CC1. The van der Waals surface area contributed by atoms with E-state index in [9.17, 15) is 4.79 Å². The van der Waals surface area contributed by atoms with Crippen LogP contribution in [-0.4, -0.2) is 33.7 Å². The summed E-state index contributed by atoms with van der Waals surface area (Å²) in [5, 5.41) is 4.70. The summed E-state index contributed by atoms with van der Waals surface area (Å²) in [6.07, 6.45) is 4.37. The molecule has 0 spiro atoms. The summed E-state index contributed by atoms with van der Waals surface area (Å²) in [5.74, 6) is 0.222. The van der Waals surface area contributed by atoms with E-state index in [0.29, 0.717) is 13.0 Å². The van der Waals surface area contributed by atoms with Gasteiger partial charge in [-0.2, -0.15) is 5.10 Å². The molecule has 4 nitrogen and oxygen atoms in total. The van der Waals surface area contributed by atoms with Crippen LogP contribution >= 0.6 is 0 Å². The number of para-hydroxylation sites is 1. The highest BCUT2D eigenvalue weighted by Crippen LogP contribution is 2.23. The van der Waals surface area contributed by atoms with Crippen LogP contribution in [-0.2, 0) is 11.2 Å². The second-order valence-corrected chi connectivity index (χ2v) is 7.58. The first-order valence-electron chi connectivity index (χ1n) is 10.3. The van der Waals surface area contributed by atoms with Gasteiger partial charge in [-0.05, 0) is 55.5 Å². The fourth-order valence-corrected chi connectivity index (χ4v) is 4.06. The molecule has 0 aliphatic carbocycles. The van der Waals surface area contributed by atoms with E-state index in [4.69, 9.17) is 5.10 Å². The third-order valence-corrected chi connectivity index (χ3v) is 5.74. The Morgan fingerprint density at radius 1 is 1.00 bits per heavy atom. The van der Waals surface area contributed by atoms with Gasteiger partial charge in [0, 0.05) is 25.2 Å². The Morgan fingerprint density at radius 3 is 2.34 bits per heavy atom. The normalized spacial score (nSPS) is 14.0. The Hall–Kier alpha value is -3.14. The van der Waals surface area contributed by atoms with Gasteiger partial charge in [-0.3, -0.25) is 4.79 Å². The second kappa shape index (κ2) is 8.48. The molecule has 0 bridgehead atoms. The zero-order chi connectivity index (χ0) is 20.2. The minimum atomic E-state index is 0.222. The maximum atomic E-state index is 12.8. The first kappa shape index (κ1) is 19.2. The van der Waals surface area contributed by atoms with Crippen LogP contribution in [0.25, 0.3) is 11.3 Å². The molecule has 0 saturated heterocycles. The number of aryl methyl sites for hydroxylation is 1. The molecule has 1 aliphatic heterocycles. The minimum Gasteiger partial charge on any atom is -0.339 e. The standard InChI is InChI=1S/C25H27N3O/c1-19-24(20(2)28(26-19)23-11-7-4-8-12-23)13-14-25(29)27-17-15-22(16-18-27)21-9-5-3-6-10-21/h3-12,15H,13-14,16-18H2,1-2H3. The van der Waals surface area contributed by atoms with Crippen molar-refractivity contribution in [2.75, 3.05) is 13.1 Å². The number of benzene rings is 2. The molecule has 4 rings (SSSR count). The third kappa shape index (κ3) is 4.16. The molecular formula is C25H27N3O. The topological polar surface area (TPSA) is 38.1 Å². The van der Waals surface area contributed by atoms with Crippen molar-refractivity contribution in [3.05, 3.63) is 89.3 Å². The van der Waals surface area contributed by atoms with Crippen molar-refractivity contribution in [3.63, 3.8) is 0 Å². The van der Waals surface area contributed by atoms with Crippen molar-refractivity contribution in [2.24, 2.45) is 0 Å². The molecule has 0 atom stereocenters. The molecule has 2 aromatic carbocycles. The number of nitrogens with zero attached hydrogens (tertiary/aromatic N) is 3. The summed E-state index contributed by atoms with van der Waals surface area (Å²) in [7, 11) is 0. The van der Waals surface area contributed by atoms with Crippen LogP contribution in [0.2, 0.25) is 0 Å². The van der Waals surface area contributed by atoms with Crippen molar-refractivity contribution in [1.82, 2.24) is 14.7 Å². The molecule has 1 aliphatic rings. The average molecular weight is 386 g/mol. The van der Waals surface area contributed by atoms with Gasteiger partial charge in [-0.15, -0.1) is 0 Å². The average Bonchev–Trinajstić information content (AvgIpc) is 3.07. The van der Waals surface area contributed by atoms with Crippen molar-refractivity contribution in [2.45, 2.75) is 33.1 Å². The van der Waals surface area contributed by atoms with E-state index in [0.717, 1.165) is 36.5 Å². The van der Waals surface area contributed by atoms with Crippen molar-refractivity contribution < 1.29 is 4.79 Å². The van der Waals surface area contributed by atoms with Gasteiger partial charge in [0.25, 0.3) is 0 Å². The maximum absolute atomic E-state index is 12.8. The molecule has 29 heavy (non-hydrogen) atoms. The van der Waals surface area contributed by atoms with Gasteiger partial charge in [-0.25, -0.2) is 4.68 Å². The Morgan fingerprint density at radius 2 is 1.69 bits per heavy atom. The van der Waals surface area contributed by atoms with Gasteiger partial charge in [0.05, 0.1) is 11.4 Å². The Kier molecular flexibility index (Phi) is 5.61. The van der Waals surface area contributed by atoms with Crippen LogP contribution in [0.4, 0.5) is 0 Å². The quantitative estimate of drug-likeness (QED) is 0.636. The zero-order valence-electron chi connectivity index (χ0n) is 17.1. The lowest BCUT2D eigenvalue weighted by atomic mass is 9.99. The van der Waals surface area contributed by atoms with E-state index >= 15 is 0 Å². The number of amides is 1. The first-order chi connectivity index (χ1) is 14.1. The monoisotopic (exact) mass is 385 g/mol. The van der Waals surface area contributed by atoms with Gasteiger partial charge in [0.15, 0.2) is 0 Å². The Labute approximate surface area is 172 Å². The van der Waals surface area contributed by atoms with Crippen molar-refractivity contribution in [3.8, 4) is 5.69 Å². The summed E-state index contributed by atoms with van der Waals surface area (Å²) in [5.41, 5.74) is 6.96. The maximum Gasteiger partial charge on any atom is 0.223 e. The highest BCUT2D eigenvalue weighted by molar-refractivity contribution is 5.78. The molecule has 0 unspecified atom stereocenters. The number of carbonyl (C=O) groups excluding carboxylic acids is 1. The largest absolute Gasteiger partial charge is 0.339 e. The van der Waals surface area contributed by atoms with Crippen LogP contribution in [0.5, 0.6) is 0 Å². The summed E-state index contributed by atoms with van der Waals surface area (Å²) in [6, 6.07) is 20.6.